The van der Waals surface area contributed by atoms with Gasteiger partial charge in [0.05, 0.1) is 0 Å². The van der Waals surface area contributed by atoms with Crippen LogP contribution in [-0.4, -0.2) is 0 Å². The van der Waals surface area contributed by atoms with Crippen molar-refractivity contribution < 1.29 is 0 Å². The van der Waals surface area contributed by atoms with Gasteiger partial charge in [-0.15, -0.1) is 12.3 Å². The maximum Gasteiger partial charge on any atom is -0.00297 e. The van der Waals surface area contributed by atoms with Crippen molar-refractivity contribution in [3.8, 4) is 12.3 Å². The van der Waals surface area contributed by atoms with E-state index in [0.29, 0.717) is 0 Å². The van der Waals surface area contributed by atoms with E-state index in [4.69, 9.17) is 0 Å². The molecule has 0 unspecified atom stereocenters. The molecular weight excluding hydrogens is 96.1 g/mol. The monoisotopic (exact) mass is 112 g/mol. The molecule has 0 aliphatic rings. The number of rotatable bonds is 2. The summed E-state index contributed by atoms with van der Waals surface area (Å²) >= 11 is 0. The Morgan fingerprint density at radius 3 is 1.50 bits per heavy atom. The van der Waals surface area contributed by atoms with E-state index < -0.39 is 0 Å². The molecule has 48 valence electrons. The first-order chi connectivity index (χ1) is 3.83. The molecule has 0 heterocycles. The molecule has 0 saturated carbocycles. The average Bonchev–Trinajstić information content (AvgIpc) is 1.71. The summed E-state index contributed by atoms with van der Waals surface area (Å²) < 4.78 is 0. The molecule has 0 aliphatic carbocycles. The third-order valence-electron chi connectivity index (χ3n) is 0.707. The molecule has 0 aliphatic heterocycles. The van der Waals surface area contributed by atoms with Gasteiger partial charge in [-0.1, -0.05) is 33.1 Å². The standard InChI is InChI=1S/C5H12.C3H4/c1-3-5-4-2;1-3-2/h3-5H2,1-2H3;1H,2H3. The lowest BCUT2D eigenvalue weighted by Crippen LogP contribution is -1.59. The first kappa shape index (κ1) is 10.5. The Bertz CT molecular complexity index is 45.5. The Morgan fingerprint density at radius 2 is 1.50 bits per heavy atom. The molecular formula is C8H16. The molecule has 0 aromatic carbocycles. The van der Waals surface area contributed by atoms with Crippen LogP contribution in [0.5, 0.6) is 0 Å². The summed E-state index contributed by atoms with van der Waals surface area (Å²) in [5.41, 5.74) is 0. The van der Waals surface area contributed by atoms with Crippen molar-refractivity contribution >= 4 is 0 Å². The van der Waals surface area contributed by atoms with Crippen molar-refractivity contribution in [2.45, 2.75) is 40.0 Å². The van der Waals surface area contributed by atoms with Gasteiger partial charge in [0.2, 0.25) is 0 Å². The van der Waals surface area contributed by atoms with Crippen LogP contribution in [-0.2, 0) is 0 Å². The number of hydrogen-bond donors (Lipinski definition) is 0. The van der Waals surface area contributed by atoms with Crippen LogP contribution in [0, 0.1) is 12.3 Å². The first-order valence-corrected chi connectivity index (χ1v) is 3.20. The molecule has 0 saturated heterocycles. The smallest absolute Gasteiger partial charge is 0.00297 e. The molecule has 0 amide bonds. The molecule has 8 heavy (non-hydrogen) atoms. The molecule has 0 nitrogen and oxygen atoms in total. The molecule has 0 atom stereocenters. The second-order valence-corrected chi connectivity index (χ2v) is 1.64. The Morgan fingerprint density at radius 1 is 1.25 bits per heavy atom. The molecule has 0 rings (SSSR count). The number of terminal acetylenes is 1. The summed E-state index contributed by atoms with van der Waals surface area (Å²) in [4.78, 5) is 0. The fourth-order valence-electron chi connectivity index (χ4n) is 0.354. The van der Waals surface area contributed by atoms with Crippen molar-refractivity contribution in [1.82, 2.24) is 0 Å². The van der Waals surface area contributed by atoms with Gasteiger partial charge in [0.1, 0.15) is 0 Å². The van der Waals surface area contributed by atoms with Crippen molar-refractivity contribution in [2.24, 2.45) is 0 Å². The zero-order chi connectivity index (χ0) is 6.83. The predicted octanol–water partition coefficient (Wildman–Crippen LogP) is 2.84. The molecule has 0 aromatic heterocycles. The van der Waals surface area contributed by atoms with Gasteiger partial charge in [0.25, 0.3) is 0 Å². The minimum Gasteiger partial charge on any atom is -0.120 e. The number of unbranched alkanes of at least 4 members (excludes halogenated alkanes) is 2. The summed E-state index contributed by atoms with van der Waals surface area (Å²) in [5.74, 6) is 2.25. The molecule has 0 N–H and O–H groups in total. The Hall–Kier alpha value is -0.440. The zero-order valence-electron chi connectivity index (χ0n) is 6.20. The van der Waals surface area contributed by atoms with Crippen molar-refractivity contribution in [3.05, 3.63) is 0 Å². The molecule has 0 aromatic rings. The van der Waals surface area contributed by atoms with E-state index in [1.165, 1.54) is 19.3 Å². The Kier molecular flexibility index (Phi) is 21.0. The zero-order valence-corrected chi connectivity index (χ0v) is 6.20. The Labute approximate surface area is 53.3 Å². The van der Waals surface area contributed by atoms with Gasteiger partial charge in [-0.3, -0.25) is 0 Å². The highest BCUT2D eigenvalue weighted by atomic mass is 13.7. The SMILES string of the molecule is C#CC.CCCCC. The van der Waals surface area contributed by atoms with Crippen molar-refractivity contribution in [3.63, 3.8) is 0 Å². The third-order valence-corrected chi connectivity index (χ3v) is 0.707. The number of hydrogen-bond acceptors (Lipinski definition) is 0. The second kappa shape index (κ2) is 16.0. The van der Waals surface area contributed by atoms with Crippen LogP contribution in [0.4, 0.5) is 0 Å². The normalized spacial score (nSPS) is 6.25. The van der Waals surface area contributed by atoms with Gasteiger partial charge in [-0.05, 0) is 6.92 Å². The van der Waals surface area contributed by atoms with E-state index in [1.54, 1.807) is 6.92 Å². The summed E-state index contributed by atoms with van der Waals surface area (Å²) in [6.45, 7) is 6.08. The molecule has 0 bridgehead atoms. The van der Waals surface area contributed by atoms with Crippen LogP contribution in [0.3, 0.4) is 0 Å². The lowest BCUT2D eigenvalue weighted by Gasteiger charge is -1.79. The minimum absolute atomic E-state index is 1.34. The van der Waals surface area contributed by atoms with E-state index in [-0.39, 0.29) is 0 Å². The van der Waals surface area contributed by atoms with Crippen LogP contribution in [0.15, 0.2) is 0 Å². The largest absolute Gasteiger partial charge is 0.120 e. The van der Waals surface area contributed by atoms with Gasteiger partial charge in [0, 0.05) is 0 Å². The maximum absolute atomic E-state index is 4.60. The maximum atomic E-state index is 4.60. The van der Waals surface area contributed by atoms with Gasteiger partial charge < -0.3 is 0 Å². The van der Waals surface area contributed by atoms with E-state index >= 15 is 0 Å². The fourth-order valence-corrected chi connectivity index (χ4v) is 0.354. The van der Waals surface area contributed by atoms with E-state index in [0.717, 1.165) is 0 Å². The topological polar surface area (TPSA) is 0 Å². The summed E-state index contributed by atoms with van der Waals surface area (Å²) in [6, 6.07) is 0. The van der Waals surface area contributed by atoms with E-state index in [9.17, 15) is 0 Å². The third kappa shape index (κ3) is 47.5. The summed E-state index contributed by atoms with van der Waals surface area (Å²) in [7, 11) is 0. The summed E-state index contributed by atoms with van der Waals surface area (Å²) in [5, 5.41) is 0. The molecule has 0 fully saturated rings. The minimum atomic E-state index is 1.34. The van der Waals surface area contributed by atoms with Crippen LogP contribution in [0.25, 0.3) is 0 Å². The van der Waals surface area contributed by atoms with E-state index in [2.05, 4.69) is 26.2 Å². The average molecular weight is 112 g/mol. The molecule has 0 radical (unpaired) electrons. The molecule has 0 heteroatoms. The lowest BCUT2D eigenvalue weighted by molar-refractivity contribution is 0.772. The first-order valence-electron chi connectivity index (χ1n) is 3.20. The summed E-state index contributed by atoms with van der Waals surface area (Å²) in [6.07, 6.45) is 8.67. The van der Waals surface area contributed by atoms with Crippen molar-refractivity contribution in [1.29, 1.82) is 0 Å². The highest BCUT2D eigenvalue weighted by Gasteiger charge is 1.68. The Balaban J connectivity index is 0. The fraction of sp³-hybridized carbons (Fsp3) is 0.750. The van der Waals surface area contributed by atoms with Crippen molar-refractivity contribution in [2.75, 3.05) is 0 Å². The second-order valence-electron chi connectivity index (χ2n) is 1.64. The van der Waals surface area contributed by atoms with Crippen LogP contribution >= 0.6 is 0 Å². The van der Waals surface area contributed by atoms with Gasteiger partial charge in [-0.2, -0.15) is 0 Å². The highest BCUT2D eigenvalue weighted by Crippen LogP contribution is 1.88. The van der Waals surface area contributed by atoms with Crippen LogP contribution in [0.1, 0.15) is 40.0 Å². The lowest BCUT2D eigenvalue weighted by atomic mass is 10.3. The predicted molar refractivity (Wildman–Crippen MR) is 39.7 cm³/mol. The highest BCUT2D eigenvalue weighted by molar-refractivity contribution is 4.73. The van der Waals surface area contributed by atoms with Gasteiger partial charge in [-0.25, -0.2) is 0 Å². The molecule has 0 spiro atoms. The van der Waals surface area contributed by atoms with Gasteiger partial charge in [0.15, 0.2) is 0 Å². The van der Waals surface area contributed by atoms with Crippen LogP contribution < -0.4 is 0 Å². The van der Waals surface area contributed by atoms with E-state index in [1.807, 2.05) is 0 Å². The van der Waals surface area contributed by atoms with Gasteiger partial charge >= 0.3 is 0 Å². The van der Waals surface area contributed by atoms with Crippen LogP contribution in [0.2, 0.25) is 0 Å². The quantitative estimate of drug-likeness (QED) is 0.482.